The van der Waals surface area contributed by atoms with Gasteiger partial charge in [0.2, 0.25) is 5.88 Å². The number of nitrogens with one attached hydrogen (secondary N) is 1. The van der Waals surface area contributed by atoms with Crippen LogP contribution in [-0.4, -0.2) is 57.7 Å². The van der Waals surface area contributed by atoms with Gasteiger partial charge in [-0.3, -0.25) is 4.79 Å². The third kappa shape index (κ3) is 4.69. The minimum atomic E-state index is -0.171. The van der Waals surface area contributed by atoms with Gasteiger partial charge in [0.25, 0.3) is 5.91 Å². The van der Waals surface area contributed by atoms with Crippen molar-refractivity contribution in [2.45, 2.75) is 0 Å². The molecule has 0 spiro atoms. The molecule has 0 fully saturated rings. The number of methoxy groups -OCH3 is 2. The molecule has 5 rings (SSSR count). The molecule has 10 heteroatoms. The average molecular weight is 485 g/mol. The Labute approximate surface area is 207 Å². The van der Waals surface area contributed by atoms with Gasteiger partial charge in [-0.05, 0) is 60.7 Å². The molecule has 2 aromatic carbocycles. The van der Waals surface area contributed by atoms with Crippen molar-refractivity contribution in [1.29, 1.82) is 0 Å². The zero-order chi connectivity index (χ0) is 24.9. The molecule has 36 heavy (non-hydrogen) atoms. The molecule has 1 amide bonds. The minimum absolute atomic E-state index is 0.171. The van der Waals surface area contributed by atoms with Crippen molar-refractivity contribution in [3.8, 4) is 34.5 Å². The molecule has 0 aliphatic carbocycles. The van der Waals surface area contributed by atoms with Gasteiger partial charge < -0.3 is 24.1 Å². The van der Waals surface area contributed by atoms with Crippen LogP contribution in [-0.2, 0) is 0 Å². The predicted octanol–water partition coefficient (Wildman–Crippen LogP) is 3.41. The number of carbonyl (C=O) groups is 1. The van der Waals surface area contributed by atoms with E-state index in [1.54, 1.807) is 49.1 Å². The number of hydrogen-bond donors (Lipinski definition) is 1. The Morgan fingerprint density at radius 1 is 0.917 bits per heavy atom. The second kappa shape index (κ2) is 10.2. The lowest BCUT2D eigenvalue weighted by molar-refractivity contribution is 0.0946. The molecule has 0 unspecified atom stereocenters. The number of benzene rings is 2. The van der Waals surface area contributed by atoms with Crippen LogP contribution in [0.4, 0.5) is 0 Å². The Morgan fingerprint density at radius 2 is 1.69 bits per heavy atom. The number of ether oxygens (including phenoxy) is 3. The molecule has 1 N–H and O–H groups in total. The van der Waals surface area contributed by atoms with Crippen LogP contribution in [0.2, 0.25) is 0 Å². The Kier molecular flexibility index (Phi) is 6.48. The van der Waals surface area contributed by atoms with Crippen molar-refractivity contribution in [2.75, 3.05) is 27.4 Å². The highest BCUT2D eigenvalue weighted by Crippen LogP contribution is 2.31. The topological polar surface area (TPSA) is 105 Å². The summed E-state index contributed by atoms with van der Waals surface area (Å²) in [5.74, 6) is 1.94. The van der Waals surface area contributed by atoms with Crippen molar-refractivity contribution < 1.29 is 19.0 Å². The fourth-order valence-corrected chi connectivity index (χ4v) is 3.72. The maximum atomic E-state index is 12.5. The second-order valence-corrected chi connectivity index (χ2v) is 7.78. The standard InChI is InChI=1S/C26H24N6O4/c1-34-21-10-7-19(17-22(21)35-2)25-29-28-23-11-12-24(30-32(23)25)36-16-13-27-26(33)18-5-8-20(9-6-18)31-14-3-4-15-31/h3-12,14-15,17H,13,16H2,1-2H3,(H,27,33). The van der Waals surface area contributed by atoms with E-state index >= 15 is 0 Å². The number of fused-ring (bicyclic) bond motifs is 1. The van der Waals surface area contributed by atoms with E-state index in [4.69, 9.17) is 14.2 Å². The molecule has 0 bridgehead atoms. The molecule has 10 nitrogen and oxygen atoms in total. The van der Waals surface area contributed by atoms with Crippen LogP contribution in [0.15, 0.2) is 79.1 Å². The van der Waals surface area contributed by atoms with Crippen molar-refractivity contribution in [2.24, 2.45) is 0 Å². The second-order valence-electron chi connectivity index (χ2n) is 7.78. The highest BCUT2D eigenvalue weighted by molar-refractivity contribution is 5.94. The first kappa shape index (κ1) is 22.9. The highest BCUT2D eigenvalue weighted by atomic mass is 16.5. The maximum Gasteiger partial charge on any atom is 0.251 e. The van der Waals surface area contributed by atoms with Crippen LogP contribution in [0.25, 0.3) is 22.7 Å². The molecule has 3 aromatic heterocycles. The zero-order valence-electron chi connectivity index (χ0n) is 19.8. The average Bonchev–Trinajstić information content (AvgIpc) is 3.61. The quantitative estimate of drug-likeness (QED) is 0.320. The minimum Gasteiger partial charge on any atom is -0.493 e. The lowest BCUT2D eigenvalue weighted by atomic mass is 10.2. The Balaban J connectivity index is 1.21. The first-order valence-corrected chi connectivity index (χ1v) is 11.3. The summed E-state index contributed by atoms with van der Waals surface area (Å²) in [4.78, 5) is 12.5. The summed E-state index contributed by atoms with van der Waals surface area (Å²) in [6, 6.07) is 20.2. The molecule has 3 heterocycles. The summed E-state index contributed by atoms with van der Waals surface area (Å²) < 4.78 is 20.0. The molecule has 0 saturated heterocycles. The van der Waals surface area contributed by atoms with Crippen LogP contribution in [0.5, 0.6) is 17.4 Å². The maximum absolute atomic E-state index is 12.5. The summed E-state index contributed by atoms with van der Waals surface area (Å²) in [5, 5.41) is 15.8. The Hall–Kier alpha value is -4.86. The fourth-order valence-electron chi connectivity index (χ4n) is 3.72. The third-order valence-corrected chi connectivity index (χ3v) is 5.55. The van der Waals surface area contributed by atoms with Gasteiger partial charge in [-0.1, -0.05) is 0 Å². The van der Waals surface area contributed by atoms with E-state index in [2.05, 4.69) is 20.6 Å². The van der Waals surface area contributed by atoms with E-state index < -0.39 is 0 Å². The lowest BCUT2D eigenvalue weighted by Crippen LogP contribution is -2.28. The van der Waals surface area contributed by atoms with Gasteiger partial charge in [0.15, 0.2) is 23.0 Å². The number of aromatic nitrogens is 5. The molecule has 182 valence electrons. The number of nitrogens with zero attached hydrogens (tertiary/aromatic N) is 5. The van der Waals surface area contributed by atoms with Gasteiger partial charge in [-0.15, -0.1) is 15.3 Å². The van der Waals surface area contributed by atoms with E-state index in [9.17, 15) is 4.79 Å². The molecule has 0 saturated carbocycles. The van der Waals surface area contributed by atoms with E-state index in [-0.39, 0.29) is 12.5 Å². The number of carbonyl (C=O) groups excluding carboxylic acids is 1. The van der Waals surface area contributed by atoms with Crippen LogP contribution in [0.3, 0.4) is 0 Å². The molecular weight excluding hydrogens is 460 g/mol. The van der Waals surface area contributed by atoms with Crippen molar-refractivity contribution in [3.63, 3.8) is 0 Å². The zero-order valence-corrected chi connectivity index (χ0v) is 19.8. The number of rotatable bonds is 9. The van der Waals surface area contributed by atoms with Crippen LogP contribution < -0.4 is 19.5 Å². The van der Waals surface area contributed by atoms with E-state index in [0.717, 1.165) is 11.3 Å². The van der Waals surface area contributed by atoms with Crippen LogP contribution in [0.1, 0.15) is 10.4 Å². The van der Waals surface area contributed by atoms with Crippen LogP contribution >= 0.6 is 0 Å². The Morgan fingerprint density at radius 3 is 2.44 bits per heavy atom. The normalized spacial score (nSPS) is 10.8. The van der Waals surface area contributed by atoms with Gasteiger partial charge >= 0.3 is 0 Å². The molecule has 0 radical (unpaired) electrons. The predicted molar refractivity (Wildman–Crippen MR) is 133 cm³/mol. The largest absolute Gasteiger partial charge is 0.493 e. The summed E-state index contributed by atoms with van der Waals surface area (Å²) in [7, 11) is 3.16. The Bertz CT molecular complexity index is 1480. The van der Waals surface area contributed by atoms with E-state index in [1.165, 1.54) is 0 Å². The van der Waals surface area contributed by atoms with Gasteiger partial charge in [0.1, 0.15) is 6.61 Å². The highest BCUT2D eigenvalue weighted by Gasteiger charge is 2.14. The summed E-state index contributed by atoms with van der Waals surface area (Å²) in [5.41, 5.74) is 2.90. The summed E-state index contributed by atoms with van der Waals surface area (Å²) in [6.07, 6.45) is 3.91. The van der Waals surface area contributed by atoms with Crippen molar-refractivity contribution in [3.05, 3.63) is 84.7 Å². The van der Waals surface area contributed by atoms with Crippen molar-refractivity contribution >= 4 is 11.6 Å². The first-order chi connectivity index (χ1) is 17.7. The monoisotopic (exact) mass is 484 g/mol. The van der Waals surface area contributed by atoms with Gasteiger partial charge in [-0.2, -0.15) is 4.52 Å². The smallest absolute Gasteiger partial charge is 0.251 e. The first-order valence-electron chi connectivity index (χ1n) is 11.3. The SMILES string of the molecule is COc1ccc(-c2nnc3ccc(OCCNC(=O)c4ccc(-n5cccc5)cc4)nn23)cc1OC. The van der Waals surface area contributed by atoms with Crippen molar-refractivity contribution in [1.82, 2.24) is 29.7 Å². The van der Waals surface area contributed by atoms with Gasteiger partial charge in [-0.25, -0.2) is 0 Å². The molecule has 0 aliphatic heterocycles. The van der Waals surface area contributed by atoms with Crippen LogP contribution in [0, 0.1) is 0 Å². The number of amides is 1. The van der Waals surface area contributed by atoms with E-state index in [1.807, 2.05) is 53.4 Å². The molecule has 0 atom stereocenters. The lowest BCUT2D eigenvalue weighted by Gasteiger charge is -2.09. The third-order valence-electron chi connectivity index (χ3n) is 5.55. The fraction of sp³-hybridized carbons (Fsp3) is 0.154. The van der Waals surface area contributed by atoms with Gasteiger partial charge in [0.05, 0.1) is 20.8 Å². The molecule has 5 aromatic rings. The molecule has 0 aliphatic rings. The number of hydrogen-bond acceptors (Lipinski definition) is 7. The van der Waals surface area contributed by atoms with Gasteiger partial charge in [0, 0.05) is 35.3 Å². The summed E-state index contributed by atoms with van der Waals surface area (Å²) >= 11 is 0. The summed E-state index contributed by atoms with van der Waals surface area (Å²) in [6.45, 7) is 0.572. The van der Waals surface area contributed by atoms with E-state index in [0.29, 0.717) is 41.0 Å². The molecular formula is C26H24N6O4.